The second kappa shape index (κ2) is 9.62. The Bertz CT molecular complexity index is 1020. The minimum Gasteiger partial charge on any atom is -0.352 e. The van der Waals surface area contributed by atoms with Crippen LogP contribution in [-0.2, 0) is 16.1 Å². The van der Waals surface area contributed by atoms with E-state index in [1.54, 1.807) is 0 Å². The van der Waals surface area contributed by atoms with Gasteiger partial charge in [0.25, 0.3) is 0 Å². The minimum absolute atomic E-state index is 0.0534. The van der Waals surface area contributed by atoms with Gasteiger partial charge in [-0.3, -0.25) is 9.59 Å². The van der Waals surface area contributed by atoms with Gasteiger partial charge in [0.1, 0.15) is 0 Å². The number of hydrogen-bond acceptors (Lipinski definition) is 5. The number of benzene rings is 2. The van der Waals surface area contributed by atoms with Gasteiger partial charge in [-0.2, -0.15) is 0 Å². The standard InChI is InChI=1S/C20H17F2N3O2S2/c1-12(26)23-9-13-2-4-14(5-3-13)18-10-29-20(24-18)25-19(27)11-28-15-6-7-16(21)17(22)8-15/h2-8,10H,9,11H2,1H3,(H,23,26)(H,24,25,27). The molecule has 0 saturated carbocycles. The Balaban J connectivity index is 1.54. The molecule has 3 aromatic rings. The Morgan fingerprint density at radius 3 is 2.55 bits per heavy atom. The molecule has 0 spiro atoms. The van der Waals surface area contributed by atoms with E-state index in [0.29, 0.717) is 16.6 Å². The molecule has 0 fully saturated rings. The molecule has 29 heavy (non-hydrogen) atoms. The van der Waals surface area contributed by atoms with E-state index in [0.717, 1.165) is 40.7 Å². The van der Waals surface area contributed by atoms with Crippen molar-refractivity contribution in [2.45, 2.75) is 18.4 Å². The number of nitrogens with zero attached hydrogens (tertiary/aromatic N) is 1. The molecule has 5 nitrogen and oxygen atoms in total. The van der Waals surface area contributed by atoms with Crippen molar-refractivity contribution < 1.29 is 18.4 Å². The highest BCUT2D eigenvalue weighted by molar-refractivity contribution is 8.00. The Kier molecular flexibility index (Phi) is 6.95. The minimum atomic E-state index is -0.942. The van der Waals surface area contributed by atoms with Crippen LogP contribution in [0.25, 0.3) is 11.3 Å². The van der Waals surface area contributed by atoms with Crippen molar-refractivity contribution in [2.75, 3.05) is 11.1 Å². The fourth-order valence-electron chi connectivity index (χ4n) is 2.35. The maximum Gasteiger partial charge on any atom is 0.236 e. The summed E-state index contributed by atoms with van der Waals surface area (Å²) in [5.74, 6) is -2.18. The van der Waals surface area contributed by atoms with E-state index in [4.69, 9.17) is 0 Å². The first-order valence-electron chi connectivity index (χ1n) is 8.57. The summed E-state index contributed by atoms with van der Waals surface area (Å²) in [6.07, 6.45) is 0. The van der Waals surface area contributed by atoms with Crippen molar-refractivity contribution in [1.29, 1.82) is 0 Å². The van der Waals surface area contributed by atoms with E-state index in [9.17, 15) is 18.4 Å². The molecule has 150 valence electrons. The van der Waals surface area contributed by atoms with E-state index >= 15 is 0 Å². The number of thioether (sulfide) groups is 1. The summed E-state index contributed by atoms with van der Waals surface area (Å²) >= 11 is 2.41. The molecule has 0 unspecified atom stereocenters. The Labute approximate surface area is 174 Å². The molecular formula is C20H17F2N3O2S2. The van der Waals surface area contributed by atoms with Crippen LogP contribution >= 0.6 is 23.1 Å². The first-order valence-corrected chi connectivity index (χ1v) is 10.4. The molecule has 9 heteroatoms. The zero-order chi connectivity index (χ0) is 20.8. The second-order valence-electron chi connectivity index (χ2n) is 6.06. The fourth-order valence-corrected chi connectivity index (χ4v) is 3.81. The maximum absolute atomic E-state index is 13.2. The van der Waals surface area contributed by atoms with Crippen molar-refractivity contribution in [3.05, 3.63) is 65.0 Å². The number of halogens is 2. The normalized spacial score (nSPS) is 10.6. The number of nitrogens with one attached hydrogen (secondary N) is 2. The number of rotatable bonds is 7. The lowest BCUT2D eigenvalue weighted by Gasteiger charge is -2.04. The lowest BCUT2D eigenvalue weighted by Crippen LogP contribution is -2.18. The highest BCUT2D eigenvalue weighted by atomic mass is 32.2. The molecule has 0 atom stereocenters. The van der Waals surface area contributed by atoms with Crippen molar-refractivity contribution in [3.8, 4) is 11.3 Å². The summed E-state index contributed by atoms with van der Waals surface area (Å²) in [4.78, 5) is 27.9. The Morgan fingerprint density at radius 2 is 1.86 bits per heavy atom. The number of thiazole rings is 1. The fraction of sp³-hybridized carbons (Fsp3) is 0.150. The third-order valence-corrected chi connectivity index (χ3v) is 5.55. The van der Waals surface area contributed by atoms with Crippen LogP contribution in [0.5, 0.6) is 0 Å². The third-order valence-electron chi connectivity index (χ3n) is 3.80. The molecule has 0 bridgehead atoms. The average molecular weight is 434 g/mol. The lowest BCUT2D eigenvalue weighted by molar-refractivity contribution is -0.119. The summed E-state index contributed by atoms with van der Waals surface area (Å²) in [6, 6.07) is 11.1. The molecule has 0 saturated heterocycles. The van der Waals surface area contributed by atoms with Gasteiger partial charge in [-0.05, 0) is 23.8 Å². The van der Waals surface area contributed by atoms with Crippen molar-refractivity contribution in [3.63, 3.8) is 0 Å². The number of anilines is 1. The number of hydrogen-bond donors (Lipinski definition) is 2. The summed E-state index contributed by atoms with van der Waals surface area (Å²) < 4.78 is 26.1. The van der Waals surface area contributed by atoms with Crippen LogP contribution in [0.15, 0.2) is 52.7 Å². The molecule has 0 aliphatic carbocycles. The van der Waals surface area contributed by atoms with E-state index in [2.05, 4.69) is 15.6 Å². The quantitative estimate of drug-likeness (QED) is 0.540. The van der Waals surface area contributed by atoms with Gasteiger partial charge < -0.3 is 10.6 Å². The molecule has 1 heterocycles. The Hall–Kier alpha value is -2.78. The topological polar surface area (TPSA) is 71.1 Å². The van der Waals surface area contributed by atoms with E-state index < -0.39 is 11.6 Å². The van der Waals surface area contributed by atoms with Gasteiger partial charge in [0.15, 0.2) is 16.8 Å². The van der Waals surface area contributed by atoms with Crippen LogP contribution in [0.3, 0.4) is 0 Å². The van der Waals surface area contributed by atoms with Gasteiger partial charge in [-0.15, -0.1) is 23.1 Å². The molecule has 0 aliphatic heterocycles. The molecule has 2 amide bonds. The van der Waals surface area contributed by atoms with Gasteiger partial charge in [0, 0.05) is 29.3 Å². The van der Waals surface area contributed by atoms with Crippen LogP contribution in [0.1, 0.15) is 12.5 Å². The summed E-state index contributed by atoms with van der Waals surface area (Å²) in [7, 11) is 0. The van der Waals surface area contributed by atoms with Gasteiger partial charge in [-0.25, -0.2) is 13.8 Å². The largest absolute Gasteiger partial charge is 0.352 e. The van der Waals surface area contributed by atoms with Gasteiger partial charge >= 0.3 is 0 Å². The van der Waals surface area contributed by atoms with Crippen molar-refractivity contribution in [2.24, 2.45) is 0 Å². The molecule has 0 aliphatic rings. The third kappa shape index (κ3) is 6.10. The first-order chi connectivity index (χ1) is 13.9. The summed E-state index contributed by atoms with van der Waals surface area (Å²) in [6.45, 7) is 1.93. The predicted octanol–water partition coefficient (Wildman–Crippen LogP) is 4.46. The van der Waals surface area contributed by atoms with E-state index in [1.165, 1.54) is 24.3 Å². The van der Waals surface area contributed by atoms with E-state index in [-0.39, 0.29) is 17.6 Å². The molecule has 2 N–H and O–H groups in total. The lowest BCUT2D eigenvalue weighted by atomic mass is 10.1. The van der Waals surface area contributed by atoms with Crippen LogP contribution < -0.4 is 10.6 Å². The predicted molar refractivity (Wildman–Crippen MR) is 111 cm³/mol. The van der Waals surface area contributed by atoms with Crippen LogP contribution in [0.2, 0.25) is 0 Å². The Morgan fingerprint density at radius 1 is 1.10 bits per heavy atom. The second-order valence-corrected chi connectivity index (χ2v) is 7.96. The van der Waals surface area contributed by atoms with Gasteiger partial charge in [0.2, 0.25) is 11.8 Å². The molecule has 1 aromatic heterocycles. The number of amides is 2. The molecule has 2 aromatic carbocycles. The molecule has 0 radical (unpaired) electrons. The van der Waals surface area contributed by atoms with Crippen molar-refractivity contribution >= 4 is 40.0 Å². The zero-order valence-electron chi connectivity index (χ0n) is 15.4. The number of aromatic nitrogens is 1. The summed E-state index contributed by atoms with van der Waals surface area (Å²) in [5, 5.41) is 7.73. The zero-order valence-corrected chi connectivity index (χ0v) is 17.0. The van der Waals surface area contributed by atoms with Crippen LogP contribution in [0.4, 0.5) is 13.9 Å². The van der Waals surface area contributed by atoms with Crippen LogP contribution in [-0.4, -0.2) is 22.6 Å². The summed E-state index contributed by atoms with van der Waals surface area (Å²) in [5.41, 5.74) is 2.59. The number of carbonyl (C=O) groups excluding carboxylic acids is 2. The van der Waals surface area contributed by atoms with Crippen molar-refractivity contribution in [1.82, 2.24) is 10.3 Å². The maximum atomic E-state index is 13.2. The van der Waals surface area contributed by atoms with Crippen LogP contribution in [0, 0.1) is 11.6 Å². The monoisotopic (exact) mass is 433 g/mol. The average Bonchev–Trinajstić information content (AvgIpc) is 3.16. The highest BCUT2D eigenvalue weighted by Crippen LogP contribution is 2.26. The van der Waals surface area contributed by atoms with Gasteiger partial charge in [-0.1, -0.05) is 24.3 Å². The smallest absolute Gasteiger partial charge is 0.236 e. The first kappa shape index (κ1) is 20.9. The molecular weight excluding hydrogens is 416 g/mol. The van der Waals surface area contributed by atoms with Gasteiger partial charge in [0.05, 0.1) is 11.4 Å². The number of carbonyl (C=O) groups is 2. The molecule has 3 rings (SSSR count). The highest BCUT2D eigenvalue weighted by Gasteiger charge is 2.10. The van der Waals surface area contributed by atoms with E-state index in [1.807, 2.05) is 29.6 Å². The SMILES string of the molecule is CC(=O)NCc1ccc(-c2csc(NC(=O)CSc3ccc(F)c(F)c3)n2)cc1.